The second-order valence-corrected chi connectivity index (χ2v) is 8.72. The molecule has 0 saturated carbocycles. The van der Waals surface area contributed by atoms with E-state index in [1.54, 1.807) is 18.7 Å². The lowest BCUT2D eigenvalue weighted by Crippen LogP contribution is -2.12. The zero-order chi connectivity index (χ0) is 22.7. The zero-order valence-corrected chi connectivity index (χ0v) is 19.5. The van der Waals surface area contributed by atoms with Crippen molar-refractivity contribution >= 4 is 35.2 Å². The summed E-state index contributed by atoms with van der Waals surface area (Å²) in [6, 6.07) is 5.22. The fraction of sp³-hybridized carbons (Fsp3) is 0.333. The molecule has 0 fully saturated rings. The number of H-pyrrole nitrogens is 1. The first-order chi connectivity index (χ1) is 14.4. The Morgan fingerprint density at radius 2 is 1.69 bits per heavy atom. The molecule has 11 heteroatoms. The summed E-state index contributed by atoms with van der Waals surface area (Å²) in [6.45, 7) is 7.70. The number of halogens is 5. The number of imidazole rings is 1. The van der Waals surface area contributed by atoms with Crippen molar-refractivity contribution in [2.45, 2.75) is 39.3 Å². The van der Waals surface area contributed by atoms with Crippen LogP contribution in [0.15, 0.2) is 24.3 Å². The fourth-order valence-corrected chi connectivity index (χ4v) is 3.96. The van der Waals surface area contributed by atoms with Gasteiger partial charge in [0.15, 0.2) is 17.3 Å². The normalized spacial score (nSPS) is 12.3. The summed E-state index contributed by atoms with van der Waals surface area (Å²) >= 11 is 6.61. The van der Waals surface area contributed by atoms with Gasteiger partial charge in [-0.3, -0.25) is 4.68 Å². The molecule has 0 unspecified atom stereocenters. The smallest absolute Gasteiger partial charge is 0.334 e. The molecule has 0 aliphatic carbocycles. The molecule has 3 heterocycles. The predicted octanol–water partition coefficient (Wildman–Crippen LogP) is 6.12. The van der Waals surface area contributed by atoms with Crippen molar-refractivity contribution in [2.75, 3.05) is 0 Å². The lowest BCUT2D eigenvalue weighted by Gasteiger charge is -2.15. The molecule has 0 atom stereocenters. The number of rotatable bonds is 2. The fourth-order valence-electron chi connectivity index (χ4n) is 3.43. The van der Waals surface area contributed by atoms with E-state index in [4.69, 9.17) is 11.6 Å². The summed E-state index contributed by atoms with van der Waals surface area (Å²) in [4.78, 5) is 16.3. The van der Waals surface area contributed by atoms with Crippen LogP contribution in [0.25, 0.3) is 34.1 Å². The van der Waals surface area contributed by atoms with Crippen LogP contribution >= 0.6 is 24.0 Å². The number of alkyl halides is 3. The Bertz CT molecular complexity index is 1300. The van der Waals surface area contributed by atoms with Crippen molar-refractivity contribution in [3.8, 4) is 22.9 Å². The van der Waals surface area contributed by atoms with Gasteiger partial charge in [0.05, 0.1) is 22.0 Å². The van der Waals surface area contributed by atoms with Crippen molar-refractivity contribution in [3.05, 3.63) is 46.2 Å². The molecule has 4 rings (SSSR count). The number of aromatic nitrogens is 6. The maximum Gasteiger partial charge on any atom is 0.417 e. The van der Waals surface area contributed by atoms with Crippen molar-refractivity contribution < 1.29 is 13.2 Å². The highest BCUT2D eigenvalue weighted by atomic mass is 35.5. The summed E-state index contributed by atoms with van der Waals surface area (Å²) < 4.78 is 42.0. The van der Waals surface area contributed by atoms with Gasteiger partial charge in [0.25, 0.3) is 0 Å². The third-order valence-electron chi connectivity index (χ3n) is 4.93. The van der Waals surface area contributed by atoms with Gasteiger partial charge in [0.1, 0.15) is 11.2 Å². The average molecular weight is 485 g/mol. The van der Waals surface area contributed by atoms with Gasteiger partial charge in [-0.15, -0.1) is 12.4 Å². The summed E-state index contributed by atoms with van der Waals surface area (Å²) in [5.41, 5.74) is 1.37. The van der Waals surface area contributed by atoms with Gasteiger partial charge in [-0.05, 0) is 13.0 Å². The standard InChI is InChI=1S/C21H20ClF3N6.ClH/c1-10-14-18(28-17(26-10)11-8-6-7-9-12(11)21(23,24)25)29-19(27-14)15-13(22)16(20(2,3)4)30-31(15)5;/h6-9H,1-5H3,(H,26,27,28,29);1H. The van der Waals surface area contributed by atoms with E-state index < -0.39 is 11.7 Å². The van der Waals surface area contributed by atoms with Crippen molar-refractivity contribution in [1.82, 2.24) is 29.7 Å². The van der Waals surface area contributed by atoms with E-state index in [0.29, 0.717) is 27.8 Å². The second-order valence-electron chi connectivity index (χ2n) is 8.34. The molecular weight excluding hydrogens is 464 g/mol. The van der Waals surface area contributed by atoms with E-state index in [0.717, 1.165) is 11.8 Å². The summed E-state index contributed by atoms with van der Waals surface area (Å²) in [5.74, 6) is 0.381. The number of hydrogen-bond donors (Lipinski definition) is 1. The quantitative estimate of drug-likeness (QED) is 0.371. The highest BCUT2D eigenvalue weighted by Crippen LogP contribution is 2.38. The highest BCUT2D eigenvalue weighted by molar-refractivity contribution is 6.33. The lowest BCUT2D eigenvalue weighted by atomic mass is 9.92. The van der Waals surface area contributed by atoms with E-state index in [1.807, 2.05) is 20.8 Å². The summed E-state index contributed by atoms with van der Waals surface area (Å²) in [6.07, 6.45) is -4.52. The third-order valence-corrected chi connectivity index (χ3v) is 5.29. The minimum Gasteiger partial charge on any atom is -0.334 e. The van der Waals surface area contributed by atoms with Gasteiger partial charge in [0.2, 0.25) is 0 Å². The molecule has 0 radical (unpaired) electrons. The highest BCUT2D eigenvalue weighted by Gasteiger charge is 2.34. The largest absolute Gasteiger partial charge is 0.417 e. The van der Waals surface area contributed by atoms with E-state index in [-0.39, 0.29) is 34.9 Å². The molecule has 6 nitrogen and oxygen atoms in total. The maximum absolute atomic E-state index is 13.5. The molecule has 0 aliphatic rings. The minimum absolute atomic E-state index is 0. The van der Waals surface area contributed by atoms with Gasteiger partial charge < -0.3 is 4.98 Å². The van der Waals surface area contributed by atoms with Gasteiger partial charge in [-0.2, -0.15) is 18.3 Å². The Balaban J connectivity index is 0.00000289. The molecule has 170 valence electrons. The van der Waals surface area contributed by atoms with Gasteiger partial charge in [-0.1, -0.05) is 50.6 Å². The summed E-state index contributed by atoms with van der Waals surface area (Å²) in [7, 11) is 1.76. The molecule has 3 aromatic heterocycles. The van der Waals surface area contributed by atoms with E-state index in [1.165, 1.54) is 18.2 Å². The first-order valence-electron chi connectivity index (χ1n) is 9.52. The topological polar surface area (TPSA) is 72.3 Å². The molecule has 32 heavy (non-hydrogen) atoms. The second kappa shape index (κ2) is 8.04. The Hall–Kier alpha value is -2.65. The molecule has 0 spiro atoms. The van der Waals surface area contributed by atoms with Gasteiger partial charge >= 0.3 is 6.18 Å². The van der Waals surface area contributed by atoms with E-state index in [2.05, 4.69) is 25.0 Å². The first-order valence-corrected chi connectivity index (χ1v) is 9.90. The number of nitrogens with zero attached hydrogens (tertiary/aromatic N) is 5. The minimum atomic E-state index is -4.52. The number of aromatic amines is 1. The monoisotopic (exact) mass is 484 g/mol. The van der Waals surface area contributed by atoms with Crippen molar-refractivity contribution in [3.63, 3.8) is 0 Å². The van der Waals surface area contributed by atoms with Crippen LogP contribution in [0.1, 0.15) is 37.7 Å². The van der Waals surface area contributed by atoms with Crippen LogP contribution in [0.3, 0.4) is 0 Å². The number of nitrogens with one attached hydrogen (secondary N) is 1. The number of fused-ring (bicyclic) bond motifs is 1. The van der Waals surface area contributed by atoms with E-state index in [9.17, 15) is 13.2 Å². The van der Waals surface area contributed by atoms with Crippen LogP contribution in [-0.2, 0) is 18.6 Å². The van der Waals surface area contributed by atoms with Gasteiger partial charge in [0, 0.05) is 18.0 Å². The zero-order valence-electron chi connectivity index (χ0n) is 18.0. The molecular formula is C21H21Cl2F3N6. The number of benzene rings is 1. The Kier molecular flexibility index (Phi) is 6.03. The Labute approximate surface area is 193 Å². The Morgan fingerprint density at radius 1 is 1.03 bits per heavy atom. The molecule has 0 amide bonds. The van der Waals surface area contributed by atoms with Crippen LogP contribution in [0.4, 0.5) is 13.2 Å². The van der Waals surface area contributed by atoms with Crippen LogP contribution in [-0.4, -0.2) is 29.7 Å². The molecule has 1 N–H and O–H groups in total. The molecule has 4 aromatic rings. The SMILES string of the molecule is Cc1nc(-c2ccccc2C(F)(F)F)nc2nc(-c3c(Cl)c(C(C)(C)C)nn3C)[nH]c12.Cl. The molecule has 0 saturated heterocycles. The maximum atomic E-state index is 13.5. The van der Waals surface area contributed by atoms with Crippen LogP contribution in [0.5, 0.6) is 0 Å². The molecule has 1 aromatic carbocycles. The van der Waals surface area contributed by atoms with Crippen LogP contribution < -0.4 is 0 Å². The van der Waals surface area contributed by atoms with E-state index >= 15 is 0 Å². The average Bonchev–Trinajstić information content (AvgIpc) is 3.21. The molecule has 0 aliphatic heterocycles. The number of aryl methyl sites for hydroxylation is 2. The van der Waals surface area contributed by atoms with Gasteiger partial charge in [-0.25, -0.2) is 15.0 Å². The first kappa shape index (κ1) is 24.0. The third kappa shape index (κ3) is 4.06. The lowest BCUT2D eigenvalue weighted by molar-refractivity contribution is -0.137. The predicted molar refractivity (Wildman–Crippen MR) is 120 cm³/mol. The number of hydrogen-bond acceptors (Lipinski definition) is 4. The van der Waals surface area contributed by atoms with Crippen molar-refractivity contribution in [2.24, 2.45) is 7.05 Å². The Morgan fingerprint density at radius 3 is 2.28 bits per heavy atom. The van der Waals surface area contributed by atoms with Crippen LogP contribution in [0, 0.1) is 6.92 Å². The molecule has 0 bridgehead atoms. The van der Waals surface area contributed by atoms with Crippen molar-refractivity contribution in [1.29, 1.82) is 0 Å². The van der Waals surface area contributed by atoms with Crippen LogP contribution in [0.2, 0.25) is 5.02 Å². The summed E-state index contributed by atoms with van der Waals surface area (Å²) in [5, 5.41) is 4.98.